The Hall–Kier alpha value is -1.14. The standard InChI is InChI=1S/C14H25NO5/c1-10(20-8-11-6-4-5-7-19-11)12(16)15-9-14(2,3)13(17)18/h10-11H,4-9H2,1-3H3,(H,15,16)(H,17,18). The molecule has 0 aromatic heterocycles. The van der Waals surface area contributed by atoms with Crippen LogP contribution in [0, 0.1) is 5.41 Å². The lowest BCUT2D eigenvalue weighted by Gasteiger charge is -2.25. The highest BCUT2D eigenvalue weighted by molar-refractivity contribution is 5.81. The summed E-state index contributed by atoms with van der Waals surface area (Å²) in [6.45, 7) is 6.02. The summed E-state index contributed by atoms with van der Waals surface area (Å²) in [5.74, 6) is -1.24. The molecule has 1 saturated heterocycles. The van der Waals surface area contributed by atoms with Crippen LogP contribution < -0.4 is 5.32 Å². The number of carboxylic acid groups (broad SMARTS) is 1. The van der Waals surface area contributed by atoms with E-state index in [9.17, 15) is 9.59 Å². The Morgan fingerprint density at radius 2 is 2.15 bits per heavy atom. The first kappa shape index (κ1) is 16.9. The van der Waals surface area contributed by atoms with Crippen molar-refractivity contribution in [3.63, 3.8) is 0 Å². The molecular formula is C14H25NO5. The van der Waals surface area contributed by atoms with Gasteiger partial charge in [-0.1, -0.05) is 0 Å². The maximum Gasteiger partial charge on any atom is 0.310 e. The van der Waals surface area contributed by atoms with Crippen molar-refractivity contribution >= 4 is 11.9 Å². The van der Waals surface area contributed by atoms with Gasteiger partial charge in [-0.3, -0.25) is 9.59 Å². The van der Waals surface area contributed by atoms with Gasteiger partial charge in [0.05, 0.1) is 18.1 Å². The number of amides is 1. The molecule has 0 spiro atoms. The van der Waals surface area contributed by atoms with Crippen molar-refractivity contribution in [2.75, 3.05) is 19.8 Å². The molecule has 2 atom stereocenters. The van der Waals surface area contributed by atoms with Crippen molar-refractivity contribution in [3.8, 4) is 0 Å². The minimum Gasteiger partial charge on any atom is -0.481 e. The van der Waals surface area contributed by atoms with Gasteiger partial charge in [-0.05, 0) is 40.0 Å². The summed E-state index contributed by atoms with van der Waals surface area (Å²) < 4.78 is 11.0. The summed E-state index contributed by atoms with van der Waals surface area (Å²) in [7, 11) is 0. The van der Waals surface area contributed by atoms with Gasteiger partial charge >= 0.3 is 5.97 Å². The third kappa shape index (κ3) is 5.46. The first-order chi connectivity index (χ1) is 9.33. The fourth-order valence-electron chi connectivity index (χ4n) is 1.79. The van der Waals surface area contributed by atoms with Crippen LogP contribution in [0.1, 0.15) is 40.0 Å². The average molecular weight is 287 g/mol. The Morgan fingerprint density at radius 1 is 1.45 bits per heavy atom. The molecule has 1 rings (SSSR count). The largest absolute Gasteiger partial charge is 0.481 e. The minimum atomic E-state index is -0.984. The van der Waals surface area contributed by atoms with E-state index in [1.54, 1.807) is 20.8 Å². The van der Waals surface area contributed by atoms with Crippen LogP contribution in [0.3, 0.4) is 0 Å². The van der Waals surface area contributed by atoms with Crippen LogP contribution in [0.5, 0.6) is 0 Å². The number of nitrogens with one attached hydrogen (secondary N) is 1. The molecule has 0 bridgehead atoms. The predicted octanol–water partition coefficient (Wildman–Crippen LogP) is 1.19. The van der Waals surface area contributed by atoms with E-state index in [0.717, 1.165) is 25.9 Å². The predicted molar refractivity (Wildman–Crippen MR) is 73.4 cm³/mol. The zero-order valence-electron chi connectivity index (χ0n) is 12.5. The van der Waals surface area contributed by atoms with E-state index in [0.29, 0.717) is 6.61 Å². The van der Waals surface area contributed by atoms with Crippen molar-refractivity contribution in [2.45, 2.75) is 52.2 Å². The van der Waals surface area contributed by atoms with Gasteiger partial charge in [0, 0.05) is 13.2 Å². The molecule has 2 unspecified atom stereocenters. The van der Waals surface area contributed by atoms with E-state index in [1.807, 2.05) is 0 Å². The van der Waals surface area contributed by atoms with E-state index in [1.165, 1.54) is 0 Å². The zero-order valence-corrected chi connectivity index (χ0v) is 12.5. The maximum absolute atomic E-state index is 11.8. The lowest BCUT2D eigenvalue weighted by molar-refractivity contribution is -0.147. The highest BCUT2D eigenvalue weighted by Crippen LogP contribution is 2.14. The van der Waals surface area contributed by atoms with Crippen molar-refractivity contribution in [1.82, 2.24) is 5.32 Å². The summed E-state index contributed by atoms with van der Waals surface area (Å²) in [4.78, 5) is 22.8. The molecule has 0 aromatic carbocycles. The Morgan fingerprint density at radius 3 is 2.70 bits per heavy atom. The van der Waals surface area contributed by atoms with E-state index < -0.39 is 17.5 Å². The van der Waals surface area contributed by atoms with E-state index in [4.69, 9.17) is 14.6 Å². The molecule has 1 aliphatic heterocycles. The molecule has 116 valence electrons. The fourth-order valence-corrected chi connectivity index (χ4v) is 1.79. The van der Waals surface area contributed by atoms with Crippen molar-refractivity contribution in [3.05, 3.63) is 0 Å². The third-order valence-electron chi connectivity index (χ3n) is 3.46. The molecule has 20 heavy (non-hydrogen) atoms. The zero-order chi connectivity index (χ0) is 15.2. The van der Waals surface area contributed by atoms with Crippen LogP contribution in [0.2, 0.25) is 0 Å². The van der Waals surface area contributed by atoms with E-state index in [-0.39, 0.29) is 18.6 Å². The summed E-state index contributed by atoms with van der Waals surface area (Å²) >= 11 is 0. The number of rotatable bonds is 7. The molecule has 0 aromatic rings. The lowest BCUT2D eigenvalue weighted by atomic mass is 9.94. The summed E-state index contributed by atoms with van der Waals surface area (Å²) in [6, 6.07) is 0. The van der Waals surface area contributed by atoms with Crippen LogP contribution in [0.4, 0.5) is 0 Å². The Balaban J connectivity index is 2.26. The van der Waals surface area contributed by atoms with Crippen LogP contribution in [0.15, 0.2) is 0 Å². The number of aliphatic carboxylic acids is 1. The SMILES string of the molecule is CC(OCC1CCCCO1)C(=O)NCC(C)(C)C(=O)O. The summed E-state index contributed by atoms with van der Waals surface area (Å²) in [5, 5.41) is 11.6. The quantitative estimate of drug-likeness (QED) is 0.734. The molecule has 0 saturated carbocycles. The van der Waals surface area contributed by atoms with Gasteiger partial charge in [0.1, 0.15) is 6.10 Å². The topological polar surface area (TPSA) is 84.9 Å². The van der Waals surface area contributed by atoms with Gasteiger partial charge in [-0.25, -0.2) is 0 Å². The maximum atomic E-state index is 11.8. The second-order valence-corrected chi connectivity index (χ2v) is 5.87. The van der Waals surface area contributed by atoms with Crippen LogP contribution in [-0.2, 0) is 19.1 Å². The fraction of sp³-hybridized carbons (Fsp3) is 0.857. The molecule has 0 radical (unpaired) electrons. The molecule has 2 N–H and O–H groups in total. The molecular weight excluding hydrogens is 262 g/mol. The van der Waals surface area contributed by atoms with Crippen molar-refractivity contribution in [2.24, 2.45) is 5.41 Å². The van der Waals surface area contributed by atoms with Crippen molar-refractivity contribution in [1.29, 1.82) is 0 Å². The van der Waals surface area contributed by atoms with Gasteiger partial charge in [-0.2, -0.15) is 0 Å². The molecule has 1 aliphatic rings. The van der Waals surface area contributed by atoms with Crippen molar-refractivity contribution < 1.29 is 24.2 Å². The first-order valence-corrected chi connectivity index (χ1v) is 7.07. The van der Waals surface area contributed by atoms with Crippen LogP contribution >= 0.6 is 0 Å². The van der Waals surface area contributed by atoms with Gasteiger partial charge in [0.15, 0.2) is 0 Å². The highest BCUT2D eigenvalue weighted by atomic mass is 16.5. The lowest BCUT2D eigenvalue weighted by Crippen LogP contribution is -2.43. The summed E-state index contributed by atoms with van der Waals surface area (Å²) in [6.07, 6.45) is 2.62. The third-order valence-corrected chi connectivity index (χ3v) is 3.46. The Bertz CT molecular complexity index is 336. The highest BCUT2D eigenvalue weighted by Gasteiger charge is 2.28. The number of hydrogen-bond acceptors (Lipinski definition) is 4. The molecule has 0 aliphatic carbocycles. The Kier molecular flexibility index (Phi) is 6.42. The monoisotopic (exact) mass is 287 g/mol. The second kappa shape index (κ2) is 7.59. The molecule has 6 heteroatoms. The van der Waals surface area contributed by atoms with Crippen LogP contribution in [-0.4, -0.2) is 48.9 Å². The van der Waals surface area contributed by atoms with Gasteiger partial charge < -0.3 is 19.9 Å². The first-order valence-electron chi connectivity index (χ1n) is 7.07. The van der Waals surface area contributed by atoms with Gasteiger partial charge in [0.25, 0.3) is 0 Å². The second-order valence-electron chi connectivity index (χ2n) is 5.87. The number of carbonyl (C=O) groups is 2. The normalized spacial score (nSPS) is 21.2. The molecule has 1 fully saturated rings. The summed E-state index contributed by atoms with van der Waals surface area (Å²) in [5.41, 5.74) is -0.984. The Labute approximate surface area is 119 Å². The molecule has 1 amide bonds. The smallest absolute Gasteiger partial charge is 0.310 e. The van der Waals surface area contributed by atoms with Crippen LogP contribution in [0.25, 0.3) is 0 Å². The number of carboxylic acids is 1. The van der Waals surface area contributed by atoms with Gasteiger partial charge in [-0.15, -0.1) is 0 Å². The van der Waals surface area contributed by atoms with E-state index >= 15 is 0 Å². The number of carbonyl (C=O) groups excluding carboxylic acids is 1. The van der Waals surface area contributed by atoms with Gasteiger partial charge in [0.2, 0.25) is 5.91 Å². The minimum absolute atomic E-state index is 0.0643. The number of hydrogen-bond donors (Lipinski definition) is 2. The van der Waals surface area contributed by atoms with E-state index in [2.05, 4.69) is 5.32 Å². The molecule has 1 heterocycles. The average Bonchev–Trinajstić information content (AvgIpc) is 2.43. The molecule has 6 nitrogen and oxygen atoms in total. The number of ether oxygens (including phenoxy) is 2.